The van der Waals surface area contributed by atoms with Gasteiger partial charge in [-0.15, -0.1) is 0 Å². The van der Waals surface area contributed by atoms with Crippen LogP contribution in [0.3, 0.4) is 0 Å². The Labute approximate surface area is 138 Å². The van der Waals surface area contributed by atoms with E-state index in [0.717, 1.165) is 29.6 Å². The smallest absolute Gasteiger partial charge is 0.407 e. The van der Waals surface area contributed by atoms with Gasteiger partial charge < -0.3 is 25.2 Å². The van der Waals surface area contributed by atoms with Crippen molar-refractivity contribution in [2.75, 3.05) is 36.4 Å². The van der Waals surface area contributed by atoms with Gasteiger partial charge in [0.2, 0.25) is 5.91 Å². The summed E-state index contributed by atoms with van der Waals surface area (Å²) in [6, 6.07) is 3.83. The number of anilines is 2. The van der Waals surface area contributed by atoms with Crippen molar-refractivity contribution in [1.29, 1.82) is 0 Å². The van der Waals surface area contributed by atoms with Crippen molar-refractivity contribution in [3.8, 4) is 0 Å². The summed E-state index contributed by atoms with van der Waals surface area (Å²) in [5.74, 6) is 0.682. The number of rotatable bonds is 3. The lowest BCUT2D eigenvalue weighted by molar-refractivity contribution is -0.117. The molecule has 126 valence electrons. The van der Waals surface area contributed by atoms with Gasteiger partial charge in [0.25, 0.3) is 0 Å². The molecule has 0 spiro atoms. The Morgan fingerprint density at radius 3 is 2.67 bits per heavy atom. The summed E-state index contributed by atoms with van der Waals surface area (Å²) in [5, 5.41) is 12.9. The number of fused-ring (bicyclic) bond motifs is 1. The maximum atomic E-state index is 12.0. The summed E-state index contributed by atoms with van der Waals surface area (Å²) in [6.07, 6.45) is 2.83. The molecule has 3 heterocycles. The third kappa shape index (κ3) is 2.75. The zero-order valence-electron chi connectivity index (χ0n) is 13.2. The molecule has 24 heavy (non-hydrogen) atoms. The van der Waals surface area contributed by atoms with E-state index in [2.05, 4.69) is 20.2 Å². The normalized spacial score (nSPS) is 18.0. The molecule has 8 heteroatoms. The summed E-state index contributed by atoms with van der Waals surface area (Å²) in [5.41, 5.74) is 1.69. The lowest BCUT2D eigenvalue weighted by atomic mass is 10.2. The molecular weight excluding hydrogens is 310 g/mol. The van der Waals surface area contributed by atoms with Crippen molar-refractivity contribution in [2.24, 2.45) is 5.92 Å². The third-order valence-electron chi connectivity index (χ3n) is 4.60. The van der Waals surface area contributed by atoms with Gasteiger partial charge in [-0.05, 0) is 18.9 Å². The fraction of sp³-hybridized carbons (Fsp3) is 0.438. The van der Waals surface area contributed by atoms with Crippen LogP contribution in [0.5, 0.6) is 0 Å². The van der Waals surface area contributed by atoms with Crippen molar-refractivity contribution in [1.82, 2.24) is 14.9 Å². The summed E-state index contributed by atoms with van der Waals surface area (Å²) in [6.45, 7) is 2.17. The van der Waals surface area contributed by atoms with Crippen LogP contribution in [0.4, 0.5) is 16.3 Å². The first kappa shape index (κ1) is 14.8. The highest BCUT2D eigenvalue weighted by molar-refractivity contribution is 5.97. The molecule has 0 aromatic carbocycles. The highest BCUT2D eigenvalue weighted by Crippen LogP contribution is 2.32. The number of carbonyl (C=O) groups is 2. The monoisotopic (exact) mass is 329 g/mol. The van der Waals surface area contributed by atoms with Gasteiger partial charge in [-0.1, -0.05) is 0 Å². The lowest BCUT2D eigenvalue weighted by Gasteiger charge is -2.35. The standard InChI is InChI=1S/C16H19N5O3/c22-15(10-1-2-10)19-13-9-12(11-3-4-17-14(11)18-13)20-5-7-21(8-6-20)16(23)24/h3-4,9-10H,1-2,5-8H2,(H,23,24)(H2,17,18,19,22). The number of pyridine rings is 1. The van der Waals surface area contributed by atoms with Gasteiger partial charge in [0.05, 0.1) is 5.69 Å². The molecule has 1 saturated heterocycles. The first-order valence-electron chi connectivity index (χ1n) is 8.13. The summed E-state index contributed by atoms with van der Waals surface area (Å²) in [7, 11) is 0. The van der Waals surface area contributed by atoms with Gasteiger partial charge >= 0.3 is 6.09 Å². The van der Waals surface area contributed by atoms with Crippen LogP contribution in [-0.4, -0.2) is 58.2 Å². The Kier molecular flexibility index (Phi) is 3.51. The molecule has 0 atom stereocenters. The number of nitrogens with one attached hydrogen (secondary N) is 2. The fourth-order valence-corrected chi connectivity index (χ4v) is 3.06. The topological polar surface area (TPSA) is 102 Å². The van der Waals surface area contributed by atoms with Crippen molar-refractivity contribution >= 4 is 34.5 Å². The van der Waals surface area contributed by atoms with Gasteiger partial charge in [-0.3, -0.25) is 4.79 Å². The number of amides is 2. The molecule has 1 aliphatic heterocycles. The van der Waals surface area contributed by atoms with Crippen LogP contribution in [0.25, 0.3) is 11.0 Å². The second-order valence-electron chi connectivity index (χ2n) is 6.29. The number of aromatic amines is 1. The van der Waals surface area contributed by atoms with Gasteiger partial charge in [0, 0.05) is 49.7 Å². The molecule has 0 radical (unpaired) electrons. The quantitative estimate of drug-likeness (QED) is 0.796. The Morgan fingerprint density at radius 1 is 1.25 bits per heavy atom. The molecule has 2 aromatic rings. The minimum Gasteiger partial charge on any atom is -0.465 e. The van der Waals surface area contributed by atoms with Crippen LogP contribution in [0.1, 0.15) is 12.8 Å². The Bertz CT molecular complexity index is 790. The second kappa shape index (κ2) is 5.70. The van der Waals surface area contributed by atoms with Crippen molar-refractivity contribution < 1.29 is 14.7 Å². The van der Waals surface area contributed by atoms with Crippen molar-refractivity contribution in [2.45, 2.75) is 12.8 Å². The predicted octanol–water partition coefficient (Wildman–Crippen LogP) is 1.71. The maximum absolute atomic E-state index is 12.0. The Morgan fingerprint density at radius 2 is 2.00 bits per heavy atom. The van der Waals surface area contributed by atoms with Crippen LogP contribution < -0.4 is 10.2 Å². The first-order chi connectivity index (χ1) is 11.6. The molecule has 1 saturated carbocycles. The molecular formula is C16H19N5O3. The zero-order chi connectivity index (χ0) is 16.7. The zero-order valence-corrected chi connectivity index (χ0v) is 13.2. The lowest BCUT2D eigenvalue weighted by Crippen LogP contribution is -2.48. The van der Waals surface area contributed by atoms with Crippen molar-refractivity contribution in [3.63, 3.8) is 0 Å². The largest absolute Gasteiger partial charge is 0.465 e. The molecule has 2 fully saturated rings. The average molecular weight is 329 g/mol. The minimum absolute atomic E-state index is 0.0232. The number of H-pyrrole nitrogens is 1. The minimum atomic E-state index is -0.881. The van der Waals surface area contributed by atoms with Gasteiger partial charge in [0.1, 0.15) is 11.5 Å². The van der Waals surface area contributed by atoms with Crippen LogP contribution in [0.2, 0.25) is 0 Å². The molecule has 2 aromatic heterocycles. The molecule has 8 nitrogen and oxygen atoms in total. The van der Waals surface area contributed by atoms with E-state index in [1.165, 1.54) is 4.90 Å². The van der Waals surface area contributed by atoms with Crippen LogP contribution in [-0.2, 0) is 4.79 Å². The number of aromatic nitrogens is 2. The van der Waals surface area contributed by atoms with Crippen LogP contribution in [0.15, 0.2) is 18.3 Å². The molecule has 1 aliphatic carbocycles. The van der Waals surface area contributed by atoms with Crippen molar-refractivity contribution in [3.05, 3.63) is 18.3 Å². The summed E-state index contributed by atoms with van der Waals surface area (Å²) in [4.78, 5) is 34.2. The maximum Gasteiger partial charge on any atom is 0.407 e. The summed E-state index contributed by atoms with van der Waals surface area (Å²) >= 11 is 0. The predicted molar refractivity (Wildman–Crippen MR) is 89.3 cm³/mol. The van der Waals surface area contributed by atoms with E-state index in [9.17, 15) is 9.59 Å². The highest BCUT2D eigenvalue weighted by Gasteiger charge is 2.30. The SMILES string of the molecule is O=C(Nc1cc(N2CCN(C(=O)O)CC2)c2cc[nH]c2n1)C1CC1. The number of hydrogen-bond donors (Lipinski definition) is 3. The van der Waals surface area contributed by atoms with E-state index in [4.69, 9.17) is 5.11 Å². The number of nitrogens with zero attached hydrogens (tertiary/aromatic N) is 3. The molecule has 2 amide bonds. The van der Waals surface area contributed by atoms with E-state index in [1.807, 2.05) is 18.3 Å². The van der Waals surface area contributed by atoms with E-state index in [0.29, 0.717) is 32.0 Å². The van der Waals surface area contributed by atoms with E-state index < -0.39 is 6.09 Å². The molecule has 2 aliphatic rings. The number of hydrogen-bond acceptors (Lipinski definition) is 4. The highest BCUT2D eigenvalue weighted by atomic mass is 16.4. The van der Waals surface area contributed by atoms with E-state index >= 15 is 0 Å². The third-order valence-corrected chi connectivity index (χ3v) is 4.60. The Hall–Kier alpha value is -2.77. The Balaban J connectivity index is 1.60. The molecule has 0 bridgehead atoms. The fourth-order valence-electron chi connectivity index (χ4n) is 3.06. The first-order valence-corrected chi connectivity index (χ1v) is 8.13. The van der Waals surface area contributed by atoms with Gasteiger partial charge in [-0.2, -0.15) is 0 Å². The number of carbonyl (C=O) groups excluding carboxylic acids is 1. The number of carboxylic acid groups (broad SMARTS) is 1. The van der Waals surface area contributed by atoms with Gasteiger partial charge in [-0.25, -0.2) is 9.78 Å². The molecule has 3 N–H and O–H groups in total. The summed E-state index contributed by atoms with van der Waals surface area (Å²) < 4.78 is 0. The van der Waals surface area contributed by atoms with Crippen LogP contribution >= 0.6 is 0 Å². The average Bonchev–Trinajstić information content (AvgIpc) is 3.33. The van der Waals surface area contributed by atoms with E-state index in [1.54, 1.807) is 0 Å². The molecule has 4 rings (SSSR count). The number of piperazine rings is 1. The van der Waals surface area contributed by atoms with E-state index in [-0.39, 0.29) is 11.8 Å². The van der Waals surface area contributed by atoms with Crippen LogP contribution in [0, 0.1) is 5.92 Å². The second-order valence-corrected chi connectivity index (χ2v) is 6.29. The van der Waals surface area contributed by atoms with Gasteiger partial charge in [0.15, 0.2) is 0 Å². The molecule has 0 unspecified atom stereocenters.